The third kappa shape index (κ3) is 3.42. The summed E-state index contributed by atoms with van der Waals surface area (Å²) < 4.78 is 11.2. The summed E-state index contributed by atoms with van der Waals surface area (Å²) >= 11 is 0. The first-order valence-corrected chi connectivity index (χ1v) is 8.81. The lowest BCUT2D eigenvalue weighted by Crippen LogP contribution is -2.06. The van der Waals surface area contributed by atoms with Crippen molar-refractivity contribution in [3.63, 3.8) is 0 Å². The van der Waals surface area contributed by atoms with Crippen LogP contribution in [0.5, 0.6) is 11.6 Å². The minimum atomic E-state index is -0.210. The number of nitrogens with one attached hydrogen (secondary N) is 2. The molecule has 8 heteroatoms. The van der Waals surface area contributed by atoms with Crippen molar-refractivity contribution in [3.8, 4) is 22.9 Å². The van der Waals surface area contributed by atoms with Crippen LogP contribution in [0.4, 0.5) is 0 Å². The van der Waals surface area contributed by atoms with E-state index in [-0.39, 0.29) is 5.56 Å². The van der Waals surface area contributed by atoms with Gasteiger partial charge in [0.15, 0.2) is 0 Å². The van der Waals surface area contributed by atoms with E-state index in [0.29, 0.717) is 47.3 Å². The highest BCUT2D eigenvalue weighted by Gasteiger charge is 2.49. The van der Waals surface area contributed by atoms with Crippen LogP contribution in [0, 0.1) is 18.8 Å². The van der Waals surface area contributed by atoms with Crippen LogP contribution in [-0.4, -0.2) is 38.9 Å². The number of hydrogen-bond donors (Lipinski definition) is 2. The van der Waals surface area contributed by atoms with Crippen molar-refractivity contribution in [1.29, 1.82) is 0 Å². The minimum absolute atomic E-state index is 0.210. The molecule has 3 atom stereocenters. The van der Waals surface area contributed by atoms with Crippen LogP contribution in [0.1, 0.15) is 24.4 Å². The summed E-state index contributed by atoms with van der Waals surface area (Å²) in [5.41, 5.74) is 2.10. The van der Waals surface area contributed by atoms with E-state index >= 15 is 0 Å². The fourth-order valence-electron chi connectivity index (χ4n) is 3.40. The Bertz CT molecular complexity index is 995. The highest BCUT2D eigenvalue weighted by Crippen LogP contribution is 2.53. The molecule has 1 fully saturated rings. The molecule has 27 heavy (non-hydrogen) atoms. The van der Waals surface area contributed by atoms with Crippen LogP contribution in [-0.2, 0) is 0 Å². The number of rotatable bonds is 6. The molecule has 0 aliphatic heterocycles. The van der Waals surface area contributed by atoms with Gasteiger partial charge >= 0.3 is 0 Å². The molecule has 0 amide bonds. The van der Waals surface area contributed by atoms with Crippen molar-refractivity contribution in [1.82, 2.24) is 25.1 Å². The molecule has 0 bridgehead atoms. The topological polar surface area (TPSA) is 106 Å². The molecular formula is C19H21N5O3. The van der Waals surface area contributed by atoms with Gasteiger partial charge in [-0.05, 0) is 25.0 Å². The fraction of sp³-hybridized carbons (Fsp3) is 0.368. The van der Waals surface area contributed by atoms with Gasteiger partial charge in [0.25, 0.3) is 5.56 Å². The number of aromatic amines is 2. The zero-order valence-electron chi connectivity index (χ0n) is 15.4. The molecule has 1 aliphatic carbocycles. The van der Waals surface area contributed by atoms with Crippen molar-refractivity contribution >= 4 is 0 Å². The third-order valence-corrected chi connectivity index (χ3v) is 5.07. The number of ether oxygens (including phenoxy) is 2. The molecule has 2 unspecified atom stereocenters. The Morgan fingerprint density at radius 2 is 2.04 bits per heavy atom. The van der Waals surface area contributed by atoms with E-state index in [1.807, 2.05) is 12.1 Å². The van der Waals surface area contributed by atoms with Gasteiger partial charge in [-0.2, -0.15) is 4.98 Å². The zero-order chi connectivity index (χ0) is 19.0. The quantitative estimate of drug-likeness (QED) is 0.692. The predicted molar refractivity (Wildman–Crippen MR) is 98.9 cm³/mol. The minimum Gasteiger partial charge on any atom is -0.495 e. The number of aromatic nitrogens is 5. The molecule has 2 N–H and O–H groups in total. The van der Waals surface area contributed by atoms with Gasteiger partial charge in [-0.1, -0.05) is 6.92 Å². The van der Waals surface area contributed by atoms with E-state index in [2.05, 4.69) is 32.1 Å². The van der Waals surface area contributed by atoms with E-state index in [1.165, 1.54) is 6.07 Å². The van der Waals surface area contributed by atoms with Crippen LogP contribution in [0.15, 0.2) is 35.4 Å². The molecule has 0 spiro atoms. The molecule has 8 nitrogen and oxygen atoms in total. The van der Waals surface area contributed by atoms with Gasteiger partial charge in [-0.15, -0.1) is 0 Å². The summed E-state index contributed by atoms with van der Waals surface area (Å²) in [4.78, 5) is 24.5. The number of H-pyrrole nitrogens is 2. The molecule has 0 radical (unpaired) electrons. The molecule has 4 rings (SSSR count). The molecular weight excluding hydrogens is 346 g/mol. The van der Waals surface area contributed by atoms with Crippen LogP contribution < -0.4 is 15.0 Å². The van der Waals surface area contributed by atoms with E-state index in [9.17, 15) is 4.79 Å². The van der Waals surface area contributed by atoms with Gasteiger partial charge in [0.1, 0.15) is 11.6 Å². The van der Waals surface area contributed by atoms with Gasteiger partial charge < -0.3 is 9.47 Å². The smallest absolute Gasteiger partial charge is 0.264 e. The Morgan fingerprint density at radius 1 is 1.19 bits per heavy atom. The normalized spacial score (nSPS) is 21.1. The average Bonchev–Trinajstić information content (AvgIpc) is 3.11. The second-order valence-electron chi connectivity index (χ2n) is 6.79. The van der Waals surface area contributed by atoms with Crippen molar-refractivity contribution in [3.05, 3.63) is 52.5 Å². The maximum atomic E-state index is 11.4. The first kappa shape index (κ1) is 17.3. The maximum Gasteiger partial charge on any atom is 0.264 e. The maximum absolute atomic E-state index is 11.4. The van der Waals surface area contributed by atoms with Gasteiger partial charge in [-0.25, -0.2) is 4.98 Å². The highest BCUT2D eigenvalue weighted by atomic mass is 16.5. The van der Waals surface area contributed by atoms with Crippen molar-refractivity contribution in [2.45, 2.75) is 19.8 Å². The number of methoxy groups -OCH3 is 1. The van der Waals surface area contributed by atoms with Gasteiger partial charge in [0.05, 0.1) is 31.2 Å². The summed E-state index contributed by atoms with van der Waals surface area (Å²) in [7, 11) is 1.63. The lowest BCUT2D eigenvalue weighted by atomic mass is 10.2. The number of hydrogen-bond acceptors (Lipinski definition) is 6. The molecule has 1 aliphatic rings. The Kier molecular flexibility index (Phi) is 4.39. The van der Waals surface area contributed by atoms with E-state index < -0.39 is 0 Å². The highest BCUT2D eigenvalue weighted by molar-refractivity contribution is 5.63. The van der Waals surface area contributed by atoms with Crippen LogP contribution in [0.3, 0.4) is 0 Å². The number of aryl methyl sites for hydroxylation is 1. The molecule has 3 heterocycles. The summed E-state index contributed by atoms with van der Waals surface area (Å²) in [6.07, 6.45) is 3.40. The van der Waals surface area contributed by atoms with Gasteiger partial charge in [0, 0.05) is 29.8 Å². The van der Waals surface area contributed by atoms with Crippen molar-refractivity contribution in [2.75, 3.05) is 13.7 Å². The Balaban J connectivity index is 1.49. The van der Waals surface area contributed by atoms with Crippen LogP contribution in [0.2, 0.25) is 0 Å². The first-order valence-electron chi connectivity index (χ1n) is 8.81. The zero-order valence-corrected chi connectivity index (χ0v) is 15.4. The third-order valence-electron chi connectivity index (χ3n) is 5.07. The number of nitrogens with zero attached hydrogens (tertiary/aromatic N) is 3. The van der Waals surface area contributed by atoms with Crippen molar-refractivity contribution < 1.29 is 9.47 Å². The Hall–Kier alpha value is -3.16. The second kappa shape index (κ2) is 6.86. The first-order chi connectivity index (χ1) is 13.1. The Morgan fingerprint density at radius 3 is 2.70 bits per heavy atom. The SMILES string of the molecule is COc1ccc(C2C(COc3nc(C)ncc3-c3cc(=O)[nH][nH]3)[C@H]2C)nc1. The van der Waals surface area contributed by atoms with Crippen LogP contribution in [0.25, 0.3) is 11.3 Å². The predicted octanol–water partition coefficient (Wildman–Crippen LogP) is 2.30. The van der Waals surface area contributed by atoms with E-state index in [1.54, 1.807) is 26.4 Å². The lowest BCUT2D eigenvalue weighted by molar-refractivity contribution is 0.280. The summed E-state index contributed by atoms with van der Waals surface area (Å²) in [6, 6.07) is 5.40. The second-order valence-corrected chi connectivity index (χ2v) is 6.79. The van der Waals surface area contributed by atoms with Crippen LogP contribution >= 0.6 is 0 Å². The molecule has 0 aromatic carbocycles. The fourth-order valence-corrected chi connectivity index (χ4v) is 3.40. The molecule has 3 aromatic rings. The standard InChI is InChI=1S/C19H21N5O3/c1-10-14(18(10)15-5-4-12(26-3)7-21-15)9-27-19-13(8-20-11(2)22-19)16-6-17(25)24-23-16/h4-8,10,14,18H,9H2,1-3H3,(H2,23,24,25)/t10-,14?,18?/m1/s1. The molecule has 140 valence electrons. The lowest BCUT2D eigenvalue weighted by Gasteiger charge is -2.09. The monoisotopic (exact) mass is 367 g/mol. The average molecular weight is 367 g/mol. The number of pyridine rings is 1. The van der Waals surface area contributed by atoms with E-state index in [4.69, 9.17) is 9.47 Å². The summed E-state index contributed by atoms with van der Waals surface area (Å²) in [5.74, 6) is 3.03. The summed E-state index contributed by atoms with van der Waals surface area (Å²) in [5, 5.41) is 5.34. The Labute approximate surface area is 156 Å². The van der Waals surface area contributed by atoms with Gasteiger partial charge in [-0.3, -0.25) is 20.0 Å². The molecule has 0 saturated heterocycles. The molecule has 1 saturated carbocycles. The largest absolute Gasteiger partial charge is 0.495 e. The van der Waals surface area contributed by atoms with E-state index in [0.717, 1.165) is 11.4 Å². The molecule has 3 aromatic heterocycles. The van der Waals surface area contributed by atoms with Crippen molar-refractivity contribution in [2.24, 2.45) is 11.8 Å². The summed E-state index contributed by atoms with van der Waals surface area (Å²) in [6.45, 7) is 4.53. The van der Waals surface area contributed by atoms with Gasteiger partial charge in [0.2, 0.25) is 5.88 Å².